The van der Waals surface area contributed by atoms with Crippen LogP contribution in [0.15, 0.2) is 18.2 Å². The third-order valence-electron chi connectivity index (χ3n) is 3.22. The molecule has 0 spiro atoms. The Hall–Kier alpha value is -1.99. The van der Waals surface area contributed by atoms with Crippen molar-refractivity contribution in [2.45, 2.75) is 26.3 Å². The molecule has 1 amide bonds. The Morgan fingerprint density at radius 2 is 2.18 bits per heavy atom. The van der Waals surface area contributed by atoms with Crippen molar-refractivity contribution < 1.29 is 9.18 Å². The van der Waals surface area contributed by atoms with E-state index in [0.717, 1.165) is 0 Å². The Labute approximate surface area is 132 Å². The van der Waals surface area contributed by atoms with E-state index >= 15 is 0 Å². The first-order valence-corrected chi connectivity index (χ1v) is 7.03. The van der Waals surface area contributed by atoms with E-state index in [1.807, 2.05) is 13.8 Å². The van der Waals surface area contributed by atoms with Crippen molar-refractivity contribution in [3.63, 3.8) is 0 Å². The lowest BCUT2D eigenvalue weighted by Crippen LogP contribution is -2.49. The van der Waals surface area contributed by atoms with Gasteiger partial charge in [0.15, 0.2) is 5.69 Å². The molecule has 8 heteroatoms. The number of nitrogens with one attached hydrogen (secondary N) is 1. The van der Waals surface area contributed by atoms with Crippen LogP contribution < -0.4 is 11.1 Å². The van der Waals surface area contributed by atoms with Gasteiger partial charge in [-0.1, -0.05) is 16.8 Å². The number of rotatable bonds is 4. The molecule has 0 unspecified atom stereocenters. The molecule has 118 valence electrons. The van der Waals surface area contributed by atoms with Crippen LogP contribution in [0.2, 0.25) is 5.02 Å². The number of carbonyl (C=O) groups is 1. The number of hydrogen-bond acceptors (Lipinski definition) is 4. The molecule has 6 nitrogen and oxygen atoms in total. The largest absolute Gasteiger partial charge is 0.344 e. The van der Waals surface area contributed by atoms with E-state index in [9.17, 15) is 9.18 Å². The van der Waals surface area contributed by atoms with Gasteiger partial charge >= 0.3 is 0 Å². The molecule has 0 saturated heterocycles. The van der Waals surface area contributed by atoms with Crippen molar-refractivity contribution in [3.05, 3.63) is 40.4 Å². The highest BCUT2D eigenvalue weighted by atomic mass is 35.5. The average molecular weight is 326 g/mol. The Morgan fingerprint density at radius 1 is 1.50 bits per heavy atom. The number of aromatic nitrogens is 3. The molecular formula is C14H17ClFN5O. The summed E-state index contributed by atoms with van der Waals surface area (Å²) in [6, 6.07) is 4.16. The lowest BCUT2D eigenvalue weighted by atomic mass is 10.1. The summed E-state index contributed by atoms with van der Waals surface area (Å²) in [5.41, 5.74) is 6.27. The molecule has 0 atom stereocenters. The SMILES string of the molecule is Cc1c(C(=O)NC(C)(C)CN)nnn1-c1ccc(F)c(Cl)c1. The monoisotopic (exact) mass is 325 g/mol. The number of nitrogens with zero attached hydrogens (tertiary/aromatic N) is 3. The minimum Gasteiger partial charge on any atom is -0.344 e. The summed E-state index contributed by atoms with van der Waals surface area (Å²) >= 11 is 5.76. The summed E-state index contributed by atoms with van der Waals surface area (Å²) in [4.78, 5) is 12.2. The Kier molecular flexibility index (Phi) is 4.48. The molecule has 0 aliphatic rings. The topological polar surface area (TPSA) is 85.8 Å². The molecule has 2 aromatic rings. The summed E-state index contributed by atoms with van der Waals surface area (Å²) in [6.07, 6.45) is 0. The van der Waals surface area contributed by atoms with Gasteiger partial charge in [-0.05, 0) is 39.0 Å². The molecule has 0 saturated carbocycles. The summed E-state index contributed by atoms with van der Waals surface area (Å²) in [5, 5.41) is 10.6. The minimum atomic E-state index is -0.549. The molecule has 3 N–H and O–H groups in total. The molecule has 1 aromatic carbocycles. The quantitative estimate of drug-likeness (QED) is 0.898. The van der Waals surface area contributed by atoms with Gasteiger partial charge in [0.1, 0.15) is 5.82 Å². The number of halogens is 2. The minimum absolute atomic E-state index is 0.0253. The Balaban J connectivity index is 2.33. The molecule has 2 rings (SSSR count). The van der Waals surface area contributed by atoms with Gasteiger partial charge in [0.2, 0.25) is 0 Å². The average Bonchev–Trinajstić information content (AvgIpc) is 2.83. The first-order valence-electron chi connectivity index (χ1n) is 6.65. The first kappa shape index (κ1) is 16.4. The smallest absolute Gasteiger partial charge is 0.274 e. The van der Waals surface area contributed by atoms with E-state index in [2.05, 4.69) is 15.6 Å². The normalized spacial score (nSPS) is 11.5. The van der Waals surface area contributed by atoms with Crippen molar-refractivity contribution in [3.8, 4) is 5.69 Å². The molecule has 0 aliphatic heterocycles. The van der Waals surface area contributed by atoms with Gasteiger partial charge in [-0.15, -0.1) is 5.10 Å². The van der Waals surface area contributed by atoms with Gasteiger partial charge in [0.25, 0.3) is 5.91 Å². The highest BCUT2D eigenvalue weighted by molar-refractivity contribution is 6.30. The zero-order valence-electron chi connectivity index (χ0n) is 12.5. The van der Waals surface area contributed by atoms with Crippen LogP contribution in [-0.2, 0) is 0 Å². The van der Waals surface area contributed by atoms with E-state index in [-0.39, 0.29) is 16.6 Å². The maximum absolute atomic E-state index is 13.2. The molecule has 0 fully saturated rings. The predicted molar refractivity (Wildman–Crippen MR) is 81.7 cm³/mol. The Morgan fingerprint density at radius 3 is 2.77 bits per heavy atom. The Bertz CT molecular complexity index is 713. The lowest BCUT2D eigenvalue weighted by molar-refractivity contribution is 0.0910. The van der Waals surface area contributed by atoms with E-state index in [1.54, 1.807) is 6.92 Å². The van der Waals surface area contributed by atoms with Gasteiger partial charge in [-0.3, -0.25) is 4.79 Å². The molecule has 0 bridgehead atoms. The number of benzene rings is 1. The van der Waals surface area contributed by atoms with Gasteiger partial charge in [-0.25, -0.2) is 9.07 Å². The van der Waals surface area contributed by atoms with Crippen LogP contribution in [0.3, 0.4) is 0 Å². The predicted octanol–water partition coefficient (Wildman–Crippen LogP) is 1.84. The lowest BCUT2D eigenvalue weighted by Gasteiger charge is -2.23. The fraction of sp³-hybridized carbons (Fsp3) is 0.357. The zero-order valence-corrected chi connectivity index (χ0v) is 13.3. The fourth-order valence-corrected chi connectivity index (χ4v) is 1.99. The van der Waals surface area contributed by atoms with Crippen LogP contribution in [0.1, 0.15) is 30.0 Å². The third-order valence-corrected chi connectivity index (χ3v) is 3.51. The number of carbonyl (C=O) groups excluding carboxylic acids is 1. The zero-order chi connectivity index (χ0) is 16.5. The molecule has 0 aliphatic carbocycles. The maximum atomic E-state index is 13.2. The first-order chi connectivity index (χ1) is 10.2. The van der Waals surface area contributed by atoms with E-state index in [4.69, 9.17) is 17.3 Å². The summed E-state index contributed by atoms with van der Waals surface area (Å²) in [7, 11) is 0. The third kappa shape index (κ3) is 3.26. The highest BCUT2D eigenvalue weighted by Crippen LogP contribution is 2.20. The van der Waals surface area contributed by atoms with Crippen molar-refractivity contribution >= 4 is 17.5 Å². The van der Waals surface area contributed by atoms with E-state index in [0.29, 0.717) is 17.9 Å². The maximum Gasteiger partial charge on any atom is 0.274 e. The fourth-order valence-electron chi connectivity index (χ4n) is 1.82. The molecule has 22 heavy (non-hydrogen) atoms. The van der Waals surface area contributed by atoms with Gasteiger partial charge in [-0.2, -0.15) is 0 Å². The van der Waals surface area contributed by atoms with Crippen LogP contribution in [0.4, 0.5) is 4.39 Å². The van der Waals surface area contributed by atoms with Crippen molar-refractivity contribution in [1.29, 1.82) is 0 Å². The van der Waals surface area contributed by atoms with E-state index < -0.39 is 11.4 Å². The summed E-state index contributed by atoms with van der Waals surface area (Å²) in [5.74, 6) is -0.891. The van der Waals surface area contributed by atoms with Crippen LogP contribution in [0.25, 0.3) is 5.69 Å². The standard InChI is InChI=1S/C14H17ClFN5O/c1-8-12(13(22)18-14(2,3)7-17)19-20-21(8)9-4-5-11(16)10(15)6-9/h4-6H,7,17H2,1-3H3,(H,18,22). The van der Waals surface area contributed by atoms with Crippen molar-refractivity contribution in [2.24, 2.45) is 5.73 Å². The highest BCUT2D eigenvalue weighted by Gasteiger charge is 2.24. The second-order valence-electron chi connectivity index (χ2n) is 5.58. The van der Waals surface area contributed by atoms with Crippen LogP contribution >= 0.6 is 11.6 Å². The van der Waals surface area contributed by atoms with E-state index in [1.165, 1.54) is 22.9 Å². The number of nitrogens with two attached hydrogens (primary N) is 1. The summed E-state index contributed by atoms with van der Waals surface area (Å²) in [6.45, 7) is 5.61. The van der Waals surface area contributed by atoms with Crippen LogP contribution in [-0.4, -0.2) is 33.0 Å². The number of amides is 1. The second-order valence-corrected chi connectivity index (χ2v) is 5.98. The summed E-state index contributed by atoms with van der Waals surface area (Å²) < 4.78 is 14.6. The van der Waals surface area contributed by atoms with Crippen LogP contribution in [0, 0.1) is 12.7 Å². The second kappa shape index (κ2) is 6.02. The van der Waals surface area contributed by atoms with Crippen molar-refractivity contribution in [1.82, 2.24) is 20.3 Å². The van der Waals surface area contributed by atoms with Crippen molar-refractivity contribution in [2.75, 3.05) is 6.54 Å². The molecule has 1 aromatic heterocycles. The van der Waals surface area contributed by atoms with Gasteiger partial charge < -0.3 is 11.1 Å². The molecule has 1 heterocycles. The van der Waals surface area contributed by atoms with Gasteiger partial charge in [0, 0.05) is 12.1 Å². The molecule has 0 radical (unpaired) electrons. The van der Waals surface area contributed by atoms with Gasteiger partial charge in [0.05, 0.1) is 16.4 Å². The molecular weight excluding hydrogens is 309 g/mol. The van der Waals surface area contributed by atoms with Crippen LogP contribution in [0.5, 0.6) is 0 Å². The number of hydrogen-bond donors (Lipinski definition) is 2.